The minimum Gasteiger partial charge on any atom is -0.384 e. The Balaban J connectivity index is 2.23. The maximum atomic E-state index is 12.7. The predicted octanol–water partition coefficient (Wildman–Crippen LogP) is 2.92. The normalized spacial score (nSPS) is 17.5. The molecule has 1 aromatic heterocycles. The number of carbonyl (C=O) groups excluding carboxylic acids is 1. The largest absolute Gasteiger partial charge is 0.384 e. The predicted molar refractivity (Wildman–Crippen MR) is 77.4 cm³/mol. The number of nitrogens with zero attached hydrogens (tertiary/aromatic N) is 2. The SMILES string of the molecule is CCCNc1ccncc1C(=O)N1CCCC1(C)C. The molecule has 0 bridgehead atoms. The van der Waals surface area contributed by atoms with E-state index in [-0.39, 0.29) is 11.4 Å². The molecule has 2 heterocycles. The van der Waals surface area contributed by atoms with Gasteiger partial charge in [-0.3, -0.25) is 9.78 Å². The van der Waals surface area contributed by atoms with Gasteiger partial charge in [0, 0.05) is 31.0 Å². The number of carbonyl (C=O) groups is 1. The van der Waals surface area contributed by atoms with Crippen LogP contribution in [0.3, 0.4) is 0 Å². The maximum Gasteiger partial charge on any atom is 0.257 e. The van der Waals surface area contributed by atoms with Crippen LogP contribution in [0.15, 0.2) is 18.5 Å². The van der Waals surface area contributed by atoms with E-state index in [1.54, 1.807) is 12.4 Å². The molecule has 1 saturated heterocycles. The summed E-state index contributed by atoms with van der Waals surface area (Å²) in [7, 11) is 0. The molecule has 0 unspecified atom stereocenters. The molecule has 0 aromatic carbocycles. The quantitative estimate of drug-likeness (QED) is 0.906. The lowest BCUT2D eigenvalue weighted by Gasteiger charge is -2.32. The van der Waals surface area contributed by atoms with Crippen molar-refractivity contribution in [3.05, 3.63) is 24.0 Å². The highest BCUT2D eigenvalue weighted by Crippen LogP contribution is 2.30. The number of rotatable bonds is 4. The van der Waals surface area contributed by atoms with Crippen LogP contribution in [-0.4, -0.2) is 34.4 Å². The minimum absolute atomic E-state index is 0.0467. The summed E-state index contributed by atoms with van der Waals surface area (Å²) in [5, 5.41) is 3.31. The number of hydrogen-bond donors (Lipinski definition) is 1. The van der Waals surface area contributed by atoms with E-state index in [0.717, 1.165) is 38.0 Å². The van der Waals surface area contributed by atoms with Gasteiger partial charge in [0.05, 0.1) is 11.3 Å². The van der Waals surface area contributed by atoms with Crippen LogP contribution in [-0.2, 0) is 0 Å². The third kappa shape index (κ3) is 2.88. The van der Waals surface area contributed by atoms with E-state index in [1.807, 2.05) is 11.0 Å². The van der Waals surface area contributed by atoms with Crippen LogP contribution in [0.5, 0.6) is 0 Å². The van der Waals surface area contributed by atoms with Gasteiger partial charge in [-0.2, -0.15) is 0 Å². The van der Waals surface area contributed by atoms with Gasteiger partial charge in [0.1, 0.15) is 0 Å². The molecule has 4 heteroatoms. The van der Waals surface area contributed by atoms with Crippen molar-refractivity contribution >= 4 is 11.6 Å². The van der Waals surface area contributed by atoms with E-state index in [9.17, 15) is 4.79 Å². The van der Waals surface area contributed by atoms with Gasteiger partial charge in [-0.05, 0) is 39.2 Å². The van der Waals surface area contributed by atoms with Gasteiger partial charge in [-0.25, -0.2) is 0 Å². The molecule has 4 nitrogen and oxygen atoms in total. The van der Waals surface area contributed by atoms with Crippen molar-refractivity contribution < 1.29 is 4.79 Å². The molecule has 19 heavy (non-hydrogen) atoms. The first-order valence-corrected chi connectivity index (χ1v) is 7.06. The topological polar surface area (TPSA) is 45.2 Å². The summed E-state index contributed by atoms with van der Waals surface area (Å²) in [6.45, 7) is 8.09. The fourth-order valence-corrected chi connectivity index (χ4v) is 2.61. The Labute approximate surface area is 115 Å². The monoisotopic (exact) mass is 261 g/mol. The molecule has 0 saturated carbocycles. The van der Waals surface area contributed by atoms with Crippen molar-refractivity contribution in [1.82, 2.24) is 9.88 Å². The highest BCUT2D eigenvalue weighted by atomic mass is 16.2. The Hall–Kier alpha value is -1.58. The van der Waals surface area contributed by atoms with Crippen molar-refractivity contribution in [2.75, 3.05) is 18.4 Å². The van der Waals surface area contributed by atoms with Crippen LogP contribution in [0.25, 0.3) is 0 Å². The van der Waals surface area contributed by atoms with Crippen molar-refractivity contribution in [3.8, 4) is 0 Å². The molecule has 104 valence electrons. The first-order chi connectivity index (χ1) is 9.06. The Bertz CT molecular complexity index is 456. The molecule has 2 rings (SSSR count). The first kappa shape index (κ1) is 13.8. The molecule has 1 aliphatic heterocycles. The van der Waals surface area contributed by atoms with Gasteiger partial charge in [-0.15, -0.1) is 0 Å². The standard InChI is InChI=1S/C15H23N3O/c1-4-8-17-13-6-9-16-11-12(13)14(19)18-10-5-7-15(18,2)3/h6,9,11H,4-5,7-8,10H2,1-3H3,(H,16,17). The van der Waals surface area contributed by atoms with Gasteiger partial charge in [-0.1, -0.05) is 6.92 Å². The lowest BCUT2D eigenvalue weighted by molar-refractivity contribution is 0.0652. The molecular formula is C15H23N3O. The number of aromatic nitrogens is 1. The molecule has 1 N–H and O–H groups in total. The Morgan fingerprint density at radius 3 is 2.95 bits per heavy atom. The fraction of sp³-hybridized carbons (Fsp3) is 0.600. The van der Waals surface area contributed by atoms with Crippen LogP contribution < -0.4 is 5.32 Å². The second-order valence-corrected chi connectivity index (χ2v) is 5.72. The zero-order chi connectivity index (χ0) is 13.9. The van der Waals surface area contributed by atoms with Gasteiger partial charge < -0.3 is 10.2 Å². The zero-order valence-corrected chi connectivity index (χ0v) is 12.1. The van der Waals surface area contributed by atoms with Gasteiger partial charge in [0.15, 0.2) is 0 Å². The number of hydrogen-bond acceptors (Lipinski definition) is 3. The average molecular weight is 261 g/mol. The van der Waals surface area contributed by atoms with Crippen molar-refractivity contribution in [2.24, 2.45) is 0 Å². The summed E-state index contributed by atoms with van der Waals surface area (Å²) >= 11 is 0. The van der Waals surface area contributed by atoms with Gasteiger partial charge in [0.25, 0.3) is 5.91 Å². The lowest BCUT2D eigenvalue weighted by Crippen LogP contribution is -2.42. The van der Waals surface area contributed by atoms with E-state index in [1.165, 1.54) is 0 Å². The zero-order valence-electron chi connectivity index (χ0n) is 12.1. The number of anilines is 1. The van der Waals surface area contributed by atoms with Crippen LogP contribution in [0.4, 0.5) is 5.69 Å². The van der Waals surface area contributed by atoms with E-state index in [4.69, 9.17) is 0 Å². The molecule has 0 atom stereocenters. The lowest BCUT2D eigenvalue weighted by atomic mass is 10.0. The van der Waals surface area contributed by atoms with Crippen LogP contribution in [0.1, 0.15) is 50.4 Å². The fourth-order valence-electron chi connectivity index (χ4n) is 2.61. The third-order valence-electron chi connectivity index (χ3n) is 3.76. The van der Waals surface area contributed by atoms with E-state index < -0.39 is 0 Å². The summed E-state index contributed by atoms with van der Waals surface area (Å²) in [6.07, 6.45) is 6.58. The molecule has 0 radical (unpaired) electrons. The molecule has 1 amide bonds. The molecule has 1 aliphatic rings. The van der Waals surface area contributed by atoms with Crippen molar-refractivity contribution in [2.45, 2.75) is 45.6 Å². The molecule has 0 aliphatic carbocycles. The van der Waals surface area contributed by atoms with Crippen LogP contribution in [0, 0.1) is 0 Å². The minimum atomic E-state index is -0.0467. The number of pyridine rings is 1. The molecule has 0 spiro atoms. The molecule has 1 aromatic rings. The highest BCUT2D eigenvalue weighted by molar-refractivity contribution is 5.99. The van der Waals surface area contributed by atoms with Gasteiger partial charge >= 0.3 is 0 Å². The molecule has 1 fully saturated rings. The third-order valence-corrected chi connectivity index (χ3v) is 3.76. The summed E-state index contributed by atoms with van der Waals surface area (Å²) < 4.78 is 0. The van der Waals surface area contributed by atoms with Crippen molar-refractivity contribution in [1.29, 1.82) is 0 Å². The number of nitrogens with one attached hydrogen (secondary N) is 1. The molecular weight excluding hydrogens is 238 g/mol. The van der Waals surface area contributed by atoms with Gasteiger partial charge in [0.2, 0.25) is 0 Å². The smallest absolute Gasteiger partial charge is 0.257 e. The second kappa shape index (κ2) is 5.59. The number of amides is 1. The Morgan fingerprint density at radius 1 is 1.53 bits per heavy atom. The van der Waals surface area contributed by atoms with Crippen LogP contribution >= 0.6 is 0 Å². The maximum absolute atomic E-state index is 12.7. The summed E-state index contributed by atoms with van der Waals surface area (Å²) in [6, 6.07) is 1.88. The highest BCUT2D eigenvalue weighted by Gasteiger charge is 2.36. The summed E-state index contributed by atoms with van der Waals surface area (Å²) in [5.74, 6) is 0.0919. The Kier molecular flexibility index (Phi) is 4.08. The van der Waals surface area contributed by atoms with E-state index >= 15 is 0 Å². The second-order valence-electron chi connectivity index (χ2n) is 5.72. The average Bonchev–Trinajstić information content (AvgIpc) is 2.75. The first-order valence-electron chi connectivity index (χ1n) is 7.06. The summed E-state index contributed by atoms with van der Waals surface area (Å²) in [4.78, 5) is 18.8. The van der Waals surface area contributed by atoms with E-state index in [0.29, 0.717) is 5.56 Å². The van der Waals surface area contributed by atoms with E-state index in [2.05, 4.69) is 31.1 Å². The number of likely N-dealkylation sites (tertiary alicyclic amines) is 1. The Morgan fingerprint density at radius 2 is 2.32 bits per heavy atom. The summed E-state index contributed by atoms with van der Waals surface area (Å²) in [5.41, 5.74) is 1.53. The van der Waals surface area contributed by atoms with Crippen LogP contribution in [0.2, 0.25) is 0 Å². The van der Waals surface area contributed by atoms with Crippen molar-refractivity contribution in [3.63, 3.8) is 0 Å².